The highest BCUT2D eigenvalue weighted by atomic mass is 32.2. The lowest BCUT2D eigenvalue weighted by Crippen LogP contribution is -2.19. The standard InChI is InChI=1S/C13H22N2O4S/c1-5-10(3)8-20(17,18)9-12-11(7-14-15(12)4)13(16)19-6-2/h7,10H,5-6,8-9H2,1-4H3. The van der Waals surface area contributed by atoms with E-state index in [1.807, 2.05) is 13.8 Å². The van der Waals surface area contributed by atoms with Crippen LogP contribution in [0.3, 0.4) is 0 Å². The third-order valence-corrected chi connectivity index (χ3v) is 4.94. The molecular formula is C13H22N2O4S. The third kappa shape index (κ3) is 4.33. The van der Waals surface area contributed by atoms with Gasteiger partial charge in [-0.05, 0) is 12.8 Å². The van der Waals surface area contributed by atoms with E-state index in [-0.39, 0.29) is 29.6 Å². The molecule has 1 aromatic heterocycles. The summed E-state index contributed by atoms with van der Waals surface area (Å²) >= 11 is 0. The molecule has 0 saturated carbocycles. The molecule has 1 unspecified atom stereocenters. The van der Waals surface area contributed by atoms with E-state index in [2.05, 4.69) is 5.10 Å². The molecule has 0 spiro atoms. The molecule has 0 fully saturated rings. The fourth-order valence-corrected chi connectivity index (χ4v) is 3.81. The number of nitrogens with zero attached hydrogens (tertiary/aromatic N) is 2. The average molecular weight is 302 g/mol. The molecule has 1 rings (SSSR count). The van der Waals surface area contributed by atoms with Gasteiger partial charge in [-0.15, -0.1) is 0 Å². The number of aryl methyl sites for hydroxylation is 1. The number of hydrogen-bond acceptors (Lipinski definition) is 5. The van der Waals surface area contributed by atoms with E-state index in [0.717, 1.165) is 6.42 Å². The van der Waals surface area contributed by atoms with E-state index < -0.39 is 15.8 Å². The number of rotatable bonds is 7. The molecule has 0 radical (unpaired) electrons. The number of esters is 1. The van der Waals surface area contributed by atoms with Gasteiger partial charge in [0.05, 0.1) is 30.0 Å². The average Bonchev–Trinajstić information content (AvgIpc) is 2.70. The molecule has 1 atom stereocenters. The van der Waals surface area contributed by atoms with Crippen LogP contribution in [0.4, 0.5) is 0 Å². The molecule has 0 aromatic carbocycles. The number of hydrogen-bond donors (Lipinski definition) is 0. The third-order valence-electron chi connectivity index (χ3n) is 3.15. The van der Waals surface area contributed by atoms with Gasteiger partial charge in [0.25, 0.3) is 0 Å². The highest BCUT2D eigenvalue weighted by Gasteiger charge is 2.23. The molecule has 0 aliphatic rings. The van der Waals surface area contributed by atoms with Gasteiger partial charge in [-0.3, -0.25) is 4.68 Å². The summed E-state index contributed by atoms with van der Waals surface area (Å²) in [5, 5.41) is 3.95. The van der Waals surface area contributed by atoms with Gasteiger partial charge in [-0.25, -0.2) is 13.2 Å². The summed E-state index contributed by atoms with van der Waals surface area (Å²) in [5.41, 5.74) is 0.605. The topological polar surface area (TPSA) is 78.3 Å². The Hall–Kier alpha value is -1.37. The summed E-state index contributed by atoms with van der Waals surface area (Å²) < 4.78 is 30.6. The van der Waals surface area contributed by atoms with Crippen LogP contribution < -0.4 is 0 Å². The largest absolute Gasteiger partial charge is 0.462 e. The summed E-state index contributed by atoms with van der Waals surface area (Å²) in [7, 11) is -1.66. The van der Waals surface area contributed by atoms with Gasteiger partial charge in [0.1, 0.15) is 5.56 Å². The van der Waals surface area contributed by atoms with E-state index in [4.69, 9.17) is 4.74 Å². The normalized spacial score (nSPS) is 13.2. The Morgan fingerprint density at radius 2 is 2.10 bits per heavy atom. The van der Waals surface area contributed by atoms with Crippen LogP contribution >= 0.6 is 0 Å². The van der Waals surface area contributed by atoms with E-state index in [1.54, 1.807) is 14.0 Å². The van der Waals surface area contributed by atoms with Crippen molar-refractivity contribution in [3.05, 3.63) is 17.5 Å². The highest BCUT2D eigenvalue weighted by Crippen LogP contribution is 2.16. The molecule has 0 aliphatic carbocycles. The van der Waals surface area contributed by atoms with E-state index >= 15 is 0 Å². The van der Waals surface area contributed by atoms with Crippen LogP contribution in [0.2, 0.25) is 0 Å². The van der Waals surface area contributed by atoms with Crippen molar-refractivity contribution >= 4 is 15.8 Å². The van der Waals surface area contributed by atoms with Crippen LogP contribution in [0, 0.1) is 5.92 Å². The van der Waals surface area contributed by atoms with Crippen molar-refractivity contribution in [2.75, 3.05) is 12.4 Å². The molecule has 0 N–H and O–H groups in total. The first-order chi connectivity index (χ1) is 9.30. The lowest BCUT2D eigenvalue weighted by atomic mass is 10.2. The fraction of sp³-hybridized carbons (Fsp3) is 0.692. The van der Waals surface area contributed by atoms with Gasteiger partial charge in [-0.2, -0.15) is 5.10 Å². The van der Waals surface area contributed by atoms with Gasteiger partial charge in [0.15, 0.2) is 9.84 Å². The predicted molar refractivity (Wildman–Crippen MR) is 76.1 cm³/mol. The van der Waals surface area contributed by atoms with Gasteiger partial charge in [0.2, 0.25) is 0 Å². The molecule has 114 valence electrons. The summed E-state index contributed by atoms with van der Waals surface area (Å²) in [4.78, 5) is 11.8. The van der Waals surface area contributed by atoms with Crippen LogP contribution in [0.1, 0.15) is 43.2 Å². The van der Waals surface area contributed by atoms with Crippen molar-refractivity contribution in [3.8, 4) is 0 Å². The Balaban J connectivity index is 2.97. The quantitative estimate of drug-likeness (QED) is 0.714. The Bertz CT molecular complexity index is 563. The minimum Gasteiger partial charge on any atom is -0.462 e. The van der Waals surface area contributed by atoms with Crippen molar-refractivity contribution in [3.63, 3.8) is 0 Å². The minimum atomic E-state index is -3.28. The molecule has 0 bridgehead atoms. The Morgan fingerprint density at radius 3 is 2.65 bits per heavy atom. The first-order valence-corrected chi connectivity index (χ1v) is 8.51. The molecule has 0 saturated heterocycles. The monoisotopic (exact) mass is 302 g/mol. The van der Waals surface area contributed by atoms with Gasteiger partial charge < -0.3 is 4.74 Å². The maximum Gasteiger partial charge on any atom is 0.341 e. The number of carbonyl (C=O) groups is 1. The second-order valence-corrected chi connectivity index (χ2v) is 7.03. The van der Waals surface area contributed by atoms with Crippen LogP contribution in [0.5, 0.6) is 0 Å². The van der Waals surface area contributed by atoms with Gasteiger partial charge >= 0.3 is 5.97 Å². The van der Waals surface area contributed by atoms with Gasteiger partial charge in [0, 0.05) is 7.05 Å². The summed E-state index contributed by atoms with van der Waals surface area (Å²) in [6.45, 7) is 5.79. The van der Waals surface area contributed by atoms with E-state index in [0.29, 0.717) is 5.69 Å². The summed E-state index contributed by atoms with van der Waals surface area (Å²) in [6, 6.07) is 0. The maximum atomic E-state index is 12.2. The molecule has 0 aliphatic heterocycles. The number of aromatic nitrogens is 2. The predicted octanol–water partition coefficient (Wildman–Crippen LogP) is 1.56. The number of ether oxygens (including phenoxy) is 1. The molecule has 20 heavy (non-hydrogen) atoms. The molecule has 7 heteroatoms. The molecule has 1 heterocycles. The zero-order valence-corrected chi connectivity index (χ0v) is 13.2. The zero-order chi connectivity index (χ0) is 15.3. The first kappa shape index (κ1) is 16.7. The van der Waals surface area contributed by atoms with Crippen LogP contribution in [0.15, 0.2) is 6.20 Å². The van der Waals surface area contributed by atoms with Crippen LogP contribution in [-0.4, -0.2) is 36.5 Å². The second-order valence-electron chi connectivity index (χ2n) is 4.92. The molecular weight excluding hydrogens is 280 g/mol. The van der Waals surface area contributed by atoms with Crippen LogP contribution in [0.25, 0.3) is 0 Å². The van der Waals surface area contributed by atoms with Crippen molar-refractivity contribution < 1.29 is 17.9 Å². The maximum absolute atomic E-state index is 12.2. The van der Waals surface area contributed by atoms with Gasteiger partial charge in [-0.1, -0.05) is 20.3 Å². The lowest BCUT2D eigenvalue weighted by Gasteiger charge is -2.11. The first-order valence-electron chi connectivity index (χ1n) is 6.69. The van der Waals surface area contributed by atoms with Crippen molar-refractivity contribution in [2.24, 2.45) is 13.0 Å². The number of sulfone groups is 1. The molecule has 6 nitrogen and oxygen atoms in total. The van der Waals surface area contributed by atoms with Crippen LogP contribution in [-0.2, 0) is 27.4 Å². The van der Waals surface area contributed by atoms with Crippen molar-refractivity contribution in [1.29, 1.82) is 0 Å². The van der Waals surface area contributed by atoms with Crippen molar-refractivity contribution in [1.82, 2.24) is 9.78 Å². The fourth-order valence-electron chi connectivity index (χ4n) is 1.83. The summed E-state index contributed by atoms with van der Waals surface area (Å²) in [6.07, 6.45) is 2.15. The summed E-state index contributed by atoms with van der Waals surface area (Å²) in [5.74, 6) is -0.521. The molecule has 0 amide bonds. The smallest absolute Gasteiger partial charge is 0.341 e. The lowest BCUT2D eigenvalue weighted by molar-refractivity contribution is 0.0525. The van der Waals surface area contributed by atoms with E-state index in [9.17, 15) is 13.2 Å². The SMILES string of the molecule is CCOC(=O)c1cnn(C)c1CS(=O)(=O)CC(C)CC. The number of carbonyl (C=O) groups excluding carboxylic acids is 1. The van der Waals surface area contributed by atoms with E-state index in [1.165, 1.54) is 10.9 Å². The van der Waals surface area contributed by atoms with Crippen molar-refractivity contribution in [2.45, 2.75) is 32.9 Å². The highest BCUT2D eigenvalue weighted by molar-refractivity contribution is 7.90. The molecule has 1 aromatic rings. The minimum absolute atomic E-state index is 0.0965. The zero-order valence-electron chi connectivity index (χ0n) is 12.4. The Kier molecular flexibility index (Phi) is 5.74. The Labute approximate surface area is 120 Å². The second kappa shape index (κ2) is 6.88. The Morgan fingerprint density at radius 1 is 1.45 bits per heavy atom.